The van der Waals surface area contributed by atoms with Gasteiger partial charge in [-0.2, -0.15) is 0 Å². The molecule has 0 fully saturated rings. The number of hydrogen-bond donors (Lipinski definition) is 0. The molecule has 0 bridgehead atoms. The smallest absolute Gasteiger partial charge is 0.290 e. The summed E-state index contributed by atoms with van der Waals surface area (Å²) >= 11 is 11.6. The maximum atomic E-state index is 5.84. The maximum absolute atomic E-state index is 5.84. The van der Waals surface area contributed by atoms with Crippen LogP contribution in [0.4, 0.5) is 0 Å². The van der Waals surface area contributed by atoms with Crippen molar-refractivity contribution in [2.45, 2.75) is 6.92 Å². The molecule has 0 spiro atoms. The fourth-order valence-electron chi connectivity index (χ4n) is 1.12. The quantitative estimate of drug-likeness (QED) is 0.763. The van der Waals surface area contributed by atoms with Crippen LogP contribution >= 0.6 is 23.2 Å². The lowest BCUT2D eigenvalue weighted by atomic mass is 10.3. The zero-order valence-corrected chi connectivity index (χ0v) is 9.47. The summed E-state index contributed by atoms with van der Waals surface area (Å²) in [5.41, 5.74) is 0. The van der Waals surface area contributed by atoms with Crippen molar-refractivity contribution in [3.05, 3.63) is 46.1 Å². The Hall–Kier alpha value is -1.12. The number of rotatable bonds is 2. The number of halogens is 2. The highest BCUT2D eigenvalue weighted by Crippen LogP contribution is 2.29. The van der Waals surface area contributed by atoms with Crippen molar-refractivity contribution in [1.82, 2.24) is 0 Å². The number of ether oxygens (including phenoxy) is 1. The van der Waals surface area contributed by atoms with E-state index in [1.165, 1.54) is 0 Å². The molecule has 0 aliphatic heterocycles. The van der Waals surface area contributed by atoms with E-state index in [0.29, 0.717) is 21.7 Å². The molecule has 2 nitrogen and oxygen atoms in total. The summed E-state index contributed by atoms with van der Waals surface area (Å²) in [6.07, 6.45) is 0. The monoisotopic (exact) mass is 242 g/mol. The molecule has 1 aromatic heterocycles. The van der Waals surface area contributed by atoms with Gasteiger partial charge in [-0.3, -0.25) is 0 Å². The van der Waals surface area contributed by atoms with Crippen LogP contribution in [0.1, 0.15) is 5.76 Å². The summed E-state index contributed by atoms with van der Waals surface area (Å²) < 4.78 is 10.7. The normalized spacial score (nSPS) is 10.3. The molecule has 4 heteroatoms. The van der Waals surface area contributed by atoms with Gasteiger partial charge in [0.05, 0.1) is 10.0 Å². The van der Waals surface area contributed by atoms with E-state index < -0.39 is 0 Å². The van der Waals surface area contributed by atoms with E-state index in [4.69, 9.17) is 32.4 Å². The first kappa shape index (κ1) is 10.4. The van der Waals surface area contributed by atoms with Gasteiger partial charge in [0.25, 0.3) is 5.95 Å². The molecule has 0 amide bonds. The van der Waals surface area contributed by atoms with Crippen LogP contribution in [0.3, 0.4) is 0 Å². The zero-order valence-electron chi connectivity index (χ0n) is 7.96. The highest BCUT2D eigenvalue weighted by Gasteiger charge is 2.04. The van der Waals surface area contributed by atoms with Crippen LogP contribution in [0.5, 0.6) is 11.7 Å². The molecule has 2 rings (SSSR count). The minimum atomic E-state index is 0.436. The summed E-state index contributed by atoms with van der Waals surface area (Å²) in [6.45, 7) is 1.85. The van der Waals surface area contributed by atoms with Crippen molar-refractivity contribution in [3.8, 4) is 11.7 Å². The molecule has 1 heterocycles. The van der Waals surface area contributed by atoms with E-state index in [9.17, 15) is 0 Å². The topological polar surface area (TPSA) is 22.4 Å². The van der Waals surface area contributed by atoms with E-state index >= 15 is 0 Å². The standard InChI is InChI=1S/C11H8Cl2O2/c1-7-2-5-11(14-7)15-8-3-4-9(12)10(13)6-8/h2-6H,1H3. The highest BCUT2D eigenvalue weighted by atomic mass is 35.5. The second kappa shape index (κ2) is 4.17. The van der Waals surface area contributed by atoms with E-state index in [-0.39, 0.29) is 0 Å². The molecule has 0 saturated heterocycles. The molecule has 0 saturated carbocycles. The van der Waals surface area contributed by atoms with Crippen molar-refractivity contribution in [2.75, 3.05) is 0 Å². The summed E-state index contributed by atoms with van der Waals surface area (Å²) in [6, 6.07) is 8.62. The molecule has 1 aromatic carbocycles. The summed E-state index contributed by atoms with van der Waals surface area (Å²) in [5, 5.41) is 0.956. The van der Waals surface area contributed by atoms with Gasteiger partial charge in [0.2, 0.25) is 0 Å². The molecule has 0 radical (unpaired) electrons. The largest absolute Gasteiger partial charge is 0.431 e. The number of aryl methyl sites for hydroxylation is 1. The third kappa shape index (κ3) is 2.46. The van der Waals surface area contributed by atoms with Gasteiger partial charge >= 0.3 is 0 Å². The Labute approximate surface area is 97.4 Å². The van der Waals surface area contributed by atoms with Crippen LogP contribution in [0.2, 0.25) is 10.0 Å². The Morgan fingerprint density at radius 3 is 2.47 bits per heavy atom. The Morgan fingerprint density at radius 2 is 1.87 bits per heavy atom. The van der Waals surface area contributed by atoms with E-state index in [2.05, 4.69) is 0 Å². The molecule has 0 aliphatic rings. The first-order valence-corrected chi connectivity index (χ1v) is 5.10. The molecule has 0 aliphatic carbocycles. The summed E-state index contributed by atoms with van der Waals surface area (Å²) in [7, 11) is 0. The van der Waals surface area contributed by atoms with Crippen molar-refractivity contribution >= 4 is 23.2 Å². The van der Waals surface area contributed by atoms with Crippen molar-refractivity contribution in [1.29, 1.82) is 0 Å². The predicted molar refractivity (Wildman–Crippen MR) is 60.0 cm³/mol. The van der Waals surface area contributed by atoms with Crippen LogP contribution in [0.25, 0.3) is 0 Å². The van der Waals surface area contributed by atoms with Gasteiger partial charge in [0.1, 0.15) is 11.5 Å². The molecule has 0 atom stereocenters. The number of furan rings is 1. The first-order chi connectivity index (χ1) is 7.15. The Kier molecular flexibility index (Phi) is 2.89. The molecule has 0 unspecified atom stereocenters. The average molecular weight is 243 g/mol. The Bertz CT molecular complexity index is 477. The van der Waals surface area contributed by atoms with Crippen molar-refractivity contribution in [2.24, 2.45) is 0 Å². The van der Waals surface area contributed by atoms with Gasteiger partial charge in [-0.05, 0) is 25.1 Å². The molecular weight excluding hydrogens is 235 g/mol. The predicted octanol–water partition coefficient (Wildman–Crippen LogP) is 4.69. The molecular formula is C11H8Cl2O2. The number of benzene rings is 1. The van der Waals surface area contributed by atoms with Gasteiger partial charge < -0.3 is 9.15 Å². The summed E-state index contributed by atoms with van der Waals surface area (Å²) in [4.78, 5) is 0. The molecule has 15 heavy (non-hydrogen) atoms. The maximum Gasteiger partial charge on any atom is 0.290 e. The van der Waals surface area contributed by atoms with Crippen LogP contribution < -0.4 is 4.74 Å². The van der Waals surface area contributed by atoms with Gasteiger partial charge in [0, 0.05) is 12.1 Å². The van der Waals surface area contributed by atoms with Crippen molar-refractivity contribution < 1.29 is 9.15 Å². The van der Waals surface area contributed by atoms with Gasteiger partial charge in [-0.15, -0.1) is 0 Å². The fraction of sp³-hybridized carbons (Fsp3) is 0.0909. The van der Waals surface area contributed by atoms with Crippen molar-refractivity contribution in [3.63, 3.8) is 0 Å². The molecule has 78 valence electrons. The van der Waals surface area contributed by atoms with E-state index in [1.54, 1.807) is 24.3 Å². The lowest BCUT2D eigenvalue weighted by Crippen LogP contribution is -1.81. The molecule has 2 aromatic rings. The van der Waals surface area contributed by atoms with Gasteiger partial charge in [-0.25, -0.2) is 0 Å². The second-order valence-corrected chi connectivity index (χ2v) is 3.86. The van der Waals surface area contributed by atoms with E-state index in [0.717, 1.165) is 5.76 Å². The fourth-order valence-corrected chi connectivity index (χ4v) is 1.41. The SMILES string of the molecule is Cc1ccc(Oc2ccc(Cl)c(Cl)c2)o1. The zero-order chi connectivity index (χ0) is 10.8. The van der Waals surface area contributed by atoms with Crippen LogP contribution in [0.15, 0.2) is 34.7 Å². The number of hydrogen-bond acceptors (Lipinski definition) is 2. The third-order valence-electron chi connectivity index (χ3n) is 1.83. The average Bonchev–Trinajstić information content (AvgIpc) is 2.58. The third-order valence-corrected chi connectivity index (χ3v) is 2.56. The molecule has 0 N–H and O–H groups in total. The Morgan fingerprint density at radius 1 is 1.07 bits per heavy atom. The summed E-state index contributed by atoms with van der Waals surface area (Å²) in [5.74, 6) is 1.83. The van der Waals surface area contributed by atoms with Crippen LogP contribution in [0, 0.1) is 6.92 Å². The minimum absolute atomic E-state index is 0.436. The minimum Gasteiger partial charge on any atom is -0.431 e. The van der Waals surface area contributed by atoms with Crippen LogP contribution in [-0.4, -0.2) is 0 Å². The highest BCUT2D eigenvalue weighted by molar-refractivity contribution is 6.42. The lowest BCUT2D eigenvalue weighted by molar-refractivity contribution is 0.338. The van der Waals surface area contributed by atoms with Gasteiger partial charge in [-0.1, -0.05) is 23.2 Å². The van der Waals surface area contributed by atoms with E-state index in [1.807, 2.05) is 13.0 Å². The van der Waals surface area contributed by atoms with Crippen LogP contribution in [-0.2, 0) is 0 Å². The van der Waals surface area contributed by atoms with Gasteiger partial charge in [0.15, 0.2) is 0 Å². The second-order valence-electron chi connectivity index (χ2n) is 3.04. The first-order valence-electron chi connectivity index (χ1n) is 4.34. The lowest BCUT2D eigenvalue weighted by Gasteiger charge is -2.02. The Balaban J connectivity index is 2.21.